The molecule has 4 rings (SSSR count). The van der Waals surface area contributed by atoms with Gasteiger partial charge in [-0.05, 0) is 42.9 Å². The zero-order valence-electron chi connectivity index (χ0n) is 14.8. The highest BCUT2D eigenvalue weighted by molar-refractivity contribution is 7.90. The number of halogens is 1. The predicted octanol–water partition coefficient (Wildman–Crippen LogP) is 2.48. The molecule has 1 aliphatic heterocycles. The van der Waals surface area contributed by atoms with Crippen molar-refractivity contribution in [2.75, 3.05) is 13.1 Å². The van der Waals surface area contributed by atoms with Gasteiger partial charge in [-0.25, -0.2) is 8.42 Å². The quantitative estimate of drug-likeness (QED) is 0.835. The fourth-order valence-corrected chi connectivity index (χ4v) is 5.55. The largest absolute Gasteiger partial charge is 0.459 e. The lowest BCUT2D eigenvalue weighted by molar-refractivity contribution is 0.0747. The lowest BCUT2D eigenvalue weighted by Crippen LogP contribution is -2.33. The summed E-state index contributed by atoms with van der Waals surface area (Å²) in [6.07, 6.45) is 3.44. The van der Waals surface area contributed by atoms with Gasteiger partial charge in [0.25, 0.3) is 5.91 Å². The fourth-order valence-electron chi connectivity index (χ4n) is 4.17. The van der Waals surface area contributed by atoms with Crippen LogP contribution in [0.15, 0.2) is 52.0 Å². The molecule has 2 aromatic rings. The number of carbonyl (C=O) groups is 1. The molecule has 146 valence electrons. The number of likely N-dealkylation sites (tertiary alicyclic amines) is 1. The number of nitrogens with two attached hydrogens (primary N) is 1. The van der Waals surface area contributed by atoms with Gasteiger partial charge >= 0.3 is 0 Å². The number of benzene rings is 1. The number of hydrogen-bond acceptors (Lipinski definition) is 5. The van der Waals surface area contributed by atoms with Gasteiger partial charge in [-0.1, -0.05) is 18.2 Å². The predicted molar refractivity (Wildman–Crippen MR) is 103 cm³/mol. The summed E-state index contributed by atoms with van der Waals surface area (Å²) in [7, 11) is -3.54. The van der Waals surface area contributed by atoms with E-state index in [0.29, 0.717) is 30.5 Å². The summed E-state index contributed by atoms with van der Waals surface area (Å²) in [6, 6.07) is 9.95. The SMILES string of the molecule is Cl.NC1CCC2CN(C(=O)c3occc3CS(=O)(=O)c3ccccc3)CC12. The smallest absolute Gasteiger partial charge is 0.289 e. The first-order valence-electron chi connectivity index (χ1n) is 8.85. The summed E-state index contributed by atoms with van der Waals surface area (Å²) in [4.78, 5) is 14.9. The van der Waals surface area contributed by atoms with E-state index in [4.69, 9.17) is 10.2 Å². The van der Waals surface area contributed by atoms with Crippen molar-refractivity contribution < 1.29 is 17.6 Å². The molecule has 1 saturated carbocycles. The van der Waals surface area contributed by atoms with Crippen molar-refractivity contribution in [3.63, 3.8) is 0 Å². The van der Waals surface area contributed by atoms with E-state index in [1.165, 1.54) is 6.26 Å². The zero-order chi connectivity index (χ0) is 18.3. The Hall–Kier alpha value is -1.83. The molecule has 1 saturated heterocycles. The summed E-state index contributed by atoms with van der Waals surface area (Å²) >= 11 is 0. The molecular weight excluding hydrogens is 388 g/mol. The number of sulfone groups is 1. The minimum Gasteiger partial charge on any atom is -0.459 e. The van der Waals surface area contributed by atoms with Crippen LogP contribution in [0.3, 0.4) is 0 Å². The summed E-state index contributed by atoms with van der Waals surface area (Å²) in [5.41, 5.74) is 6.54. The standard InChI is InChI=1S/C19H22N2O4S.ClH/c20-17-7-6-13-10-21(11-16(13)17)19(22)18-14(8-9-25-18)12-26(23,24)15-4-2-1-3-5-15;/h1-5,8-9,13,16-17H,6-7,10-12,20H2;1H. The molecule has 1 aromatic carbocycles. The van der Waals surface area contributed by atoms with E-state index < -0.39 is 9.84 Å². The van der Waals surface area contributed by atoms with Gasteiger partial charge in [-0.15, -0.1) is 12.4 Å². The van der Waals surface area contributed by atoms with Crippen LogP contribution in [0.1, 0.15) is 29.0 Å². The lowest BCUT2D eigenvalue weighted by atomic mass is 9.98. The molecule has 27 heavy (non-hydrogen) atoms. The van der Waals surface area contributed by atoms with Crippen LogP contribution in [0.5, 0.6) is 0 Å². The van der Waals surface area contributed by atoms with Gasteiger partial charge in [0.05, 0.1) is 16.9 Å². The average Bonchev–Trinajstić information content (AvgIpc) is 3.33. The van der Waals surface area contributed by atoms with E-state index >= 15 is 0 Å². The van der Waals surface area contributed by atoms with Crippen LogP contribution < -0.4 is 5.73 Å². The van der Waals surface area contributed by atoms with Gasteiger partial charge in [0.1, 0.15) is 0 Å². The molecule has 0 radical (unpaired) electrons. The number of amides is 1. The number of nitrogens with zero attached hydrogens (tertiary/aromatic N) is 1. The molecular formula is C19H23ClN2O4S. The molecule has 1 aliphatic carbocycles. The summed E-state index contributed by atoms with van der Waals surface area (Å²) in [5, 5.41) is 0. The van der Waals surface area contributed by atoms with Crippen LogP contribution in [0, 0.1) is 11.8 Å². The Balaban J connectivity index is 0.00000210. The molecule has 0 spiro atoms. The highest BCUT2D eigenvalue weighted by Gasteiger charge is 2.43. The topological polar surface area (TPSA) is 93.6 Å². The zero-order valence-corrected chi connectivity index (χ0v) is 16.4. The van der Waals surface area contributed by atoms with Crippen LogP contribution in [-0.4, -0.2) is 38.4 Å². The molecule has 1 amide bonds. The Labute approximate surface area is 165 Å². The molecule has 3 unspecified atom stereocenters. The second-order valence-corrected chi connectivity index (χ2v) is 9.21. The molecule has 2 fully saturated rings. The molecule has 2 N–H and O–H groups in total. The second kappa shape index (κ2) is 7.66. The second-order valence-electron chi connectivity index (χ2n) is 7.22. The van der Waals surface area contributed by atoms with Crippen molar-refractivity contribution in [2.45, 2.75) is 29.5 Å². The maximum absolute atomic E-state index is 12.9. The molecule has 6 nitrogen and oxygen atoms in total. The molecule has 2 heterocycles. The van der Waals surface area contributed by atoms with Crippen molar-refractivity contribution >= 4 is 28.2 Å². The Morgan fingerprint density at radius 2 is 1.89 bits per heavy atom. The monoisotopic (exact) mass is 410 g/mol. The number of carbonyl (C=O) groups excluding carboxylic acids is 1. The Morgan fingerprint density at radius 1 is 1.15 bits per heavy atom. The van der Waals surface area contributed by atoms with Gasteiger partial charge in [-0.2, -0.15) is 0 Å². The van der Waals surface area contributed by atoms with Crippen LogP contribution >= 0.6 is 12.4 Å². The fraction of sp³-hybridized carbons (Fsp3) is 0.421. The van der Waals surface area contributed by atoms with E-state index in [1.807, 2.05) is 0 Å². The van der Waals surface area contributed by atoms with Crippen LogP contribution in [0.2, 0.25) is 0 Å². The van der Waals surface area contributed by atoms with Gasteiger partial charge in [-0.3, -0.25) is 4.79 Å². The van der Waals surface area contributed by atoms with Crippen LogP contribution in [-0.2, 0) is 15.6 Å². The molecule has 3 atom stereocenters. The first kappa shape index (κ1) is 19.9. The van der Waals surface area contributed by atoms with Crippen molar-refractivity contribution in [3.05, 3.63) is 54.0 Å². The number of rotatable bonds is 4. The summed E-state index contributed by atoms with van der Waals surface area (Å²) in [6.45, 7) is 1.29. The Kier molecular flexibility index (Phi) is 5.65. The van der Waals surface area contributed by atoms with Crippen molar-refractivity contribution in [1.82, 2.24) is 4.90 Å². The third kappa shape index (κ3) is 3.77. The van der Waals surface area contributed by atoms with E-state index in [0.717, 1.165) is 12.8 Å². The molecule has 1 aromatic heterocycles. The van der Waals surface area contributed by atoms with E-state index in [2.05, 4.69) is 0 Å². The highest BCUT2D eigenvalue weighted by atomic mass is 35.5. The van der Waals surface area contributed by atoms with Gasteiger partial charge in [0.15, 0.2) is 15.6 Å². The van der Waals surface area contributed by atoms with Crippen LogP contribution in [0.25, 0.3) is 0 Å². The maximum Gasteiger partial charge on any atom is 0.289 e. The maximum atomic E-state index is 12.9. The number of hydrogen-bond donors (Lipinski definition) is 1. The van der Waals surface area contributed by atoms with Gasteiger partial charge in [0.2, 0.25) is 0 Å². The molecule has 2 aliphatic rings. The normalized spacial score (nSPS) is 24.5. The highest BCUT2D eigenvalue weighted by Crippen LogP contribution is 2.38. The Morgan fingerprint density at radius 3 is 2.59 bits per heavy atom. The van der Waals surface area contributed by atoms with E-state index in [-0.39, 0.29) is 40.8 Å². The van der Waals surface area contributed by atoms with Gasteiger partial charge < -0.3 is 15.1 Å². The first-order chi connectivity index (χ1) is 12.5. The molecule has 0 bridgehead atoms. The molecule has 8 heteroatoms. The van der Waals surface area contributed by atoms with Crippen molar-refractivity contribution in [3.8, 4) is 0 Å². The first-order valence-corrected chi connectivity index (χ1v) is 10.5. The van der Waals surface area contributed by atoms with Crippen molar-refractivity contribution in [2.24, 2.45) is 17.6 Å². The summed E-state index contributed by atoms with van der Waals surface area (Å²) < 4.78 is 30.6. The van der Waals surface area contributed by atoms with Gasteiger partial charge in [0, 0.05) is 24.7 Å². The lowest BCUT2D eigenvalue weighted by Gasteiger charge is -2.18. The number of furan rings is 1. The third-order valence-electron chi connectivity index (χ3n) is 5.59. The van der Waals surface area contributed by atoms with E-state index in [1.54, 1.807) is 41.3 Å². The summed E-state index contributed by atoms with van der Waals surface area (Å²) in [5.74, 6) is 0.410. The minimum atomic E-state index is -3.54. The minimum absolute atomic E-state index is 0. The van der Waals surface area contributed by atoms with Crippen LogP contribution in [0.4, 0.5) is 0 Å². The third-order valence-corrected chi connectivity index (χ3v) is 7.27. The average molecular weight is 411 g/mol. The Bertz CT molecular complexity index is 913. The van der Waals surface area contributed by atoms with Crippen molar-refractivity contribution in [1.29, 1.82) is 0 Å². The van der Waals surface area contributed by atoms with E-state index in [9.17, 15) is 13.2 Å². The number of fused-ring (bicyclic) bond motifs is 1.